The van der Waals surface area contributed by atoms with Crippen LogP contribution in [0.3, 0.4) is 0 Å². The van der Waals surface area contributed by atoms with Crippen LogP contribution >= 0.6 is 0 Å². The van der Waals surface area contributed by atoms with Gasteiger partial charge in [0.1, 0.15) is 11.2 Å². The normalized spacial score (nSPS) is 11.9. The number of para-hydroxylation sites is 2. The Bertz CT molecular complexity index is 2480. The maximum absolute atomic E-state index is 6.57. The van der Waals surface area contributed by atoms with E-state index in [1.165, 1.54) is 27.3 Å². The van der Waals surface area contributed by atoms with Crippen LogP contribution in [0.5, 0.6) is 0 Å². The molecule has 0 unspecified atom stereocenters. The van der Waals surface area contributed by atoms with Crippen molar-refractivity contribution in [3.8, 4) is 22.4 Å². The van der Waals surface area contributed by atoms with Crippen molar-refractivity contribution in [2.45, 2.75) is 0 Å². The van der Waals surface area contributed by atoms with Crippen molar-refractivity contribution in [3.05, 3.63) is 140 Å². The van der Waals surface area contributed by atoms with Crippen molar-refractivity contribution in [2.24, 2.45) is 0 Å². The summed E-state index contributed by atoms with van der Waals surface area (Å²) < 4.78 is 6.57. The van der Waals surface area contributed by atoms with Gasteiger partial charge in [0.15, 0.2) is 0 Å². The standard InChI is InChI=1S/C39H23NO/c1-2-15-27-24(11-1)12-10-20-28(27)25-13-9-14-26(23-25)38-36-29-16-3-4-17-30(29)39-37(32-19-6-8-22-34(32)41-39)35(36)31-18-5-7-21-33(31)40-38/h1-23H. The molecule has 2 nitrogen and oxygen atoms in total. The van der Waals surface area contributed by atoms with Gasteiger partial charge in [0, 0.05) is 37.9 Å². The Labute approximate surface area is 236 Å². The number of furan rings is 1. The first kappa shape index (κ1) is 22.4. The van der Waals surface area contributed by atoms with Crippen molar-refractivity contribution in [2.75, 3.05) is 0 Å². The number of benzene rings is 7. The van der Waals surface area contributed by atoms with Crippen LogP contribution in [0.4, 0.5) is 0 Å². The Balaban J connectivity index is 1.46. The van der Waals surface area contributed by atoms with Gasteiger partial charge in [0.05, 0.1) is 11.2 Å². The van der Waals surface area contributed by atoms with E-state index in [-0.39, 0.29) is 0 Å². The summed E-state index contributed by atoms with van der Waals surface area (Å²) in [6, 6.07) is 49.4. The Kier molecular flexibility index (Phi) is 4.64. The van der Waals surface area contributed by atoms with Crippen LogP contribution in [0.25, 0.3) is 87.5 Å². The smallest absolute Gasteiger partial charge is 0.143 e. The van der Waals surface area contributed by atoms with Gasteiger partial charge in [-0.25, -0.2) is 4.98 Å². The second kappa shape index (κ2) is 8.51. The number of pyridine rings is 1. The Morgan fingerprint density at radius 1 is 0.439 bits per heavy atom. The van der Waals surface area contributed by atoms with Crippen molar-refractivity contribution >= 4 is 65.2 Å². The average Bonchev–Trinajstić information content (AvgIpc) is 3.44. The summed E-state index contributed by atoms with van der Waals surface area (Å²) in [4.78, 5) is 5.36. The zero-order chi connectivity index (χ0) is 26.9. The maximum Gasteiger partial charge on any atom is 0.143 e. The van der Waals surface area contributed by atoms with Gasteiger partial charge >= 0.3 is 0 Å². The summed E-state index contributed by atoms with van der Waals surface area (Å²) in [5, 5.41) is 10.5. The van der Waals surface area contributed by atoms with E-state index in [0.29, 0.717) is 0 Å². The van der Waals surface area contributed by atoms with Crippen LogP contribution in [0.2, 0.25) is 0 Å². The molecule has 0 fully saturated rings. The quantitative estimate of drug-likeness (QED) is 0.211. The van der Waals surface area contributed by atoms with Gasteiger partial charge in [-0.05, 0) is 45.5 Å². The fourth-order valence-electron chi connectivity index (χ4n) is 6.64. The van der Waals surface area contributed by atoms with Crippen LogP contribution < -0.4 is 0 Å². The summed E-state index contributed by atoms with van der Waals surface area (Å²) in [7, 11) is 0. The third kappa shape index (κ3) is 3.22. The number of hydrogen-bond acceptors (Lipinski definition) is 2. The van der Waals surface area contributed by atoms with Gasteiger partial charge in [0.2, 0.25) is 0 Å². The Morgan fingerprint density at radius 3 is 2.00 bits per heavy atom. The molecule has 0 spiro atoms. The predicted molar refractivity (Wildman–Crippen MR) is 172 cm³/mol. The van der Waals surface area contributed by atoms with Crippen molar-refractivity contribution in [3.63, 3.8) is 0 Å². The first-order valence-corrected chi connectivity index (χ1v) is 14.0. The van der Waals surface area contributed by atoms with Crippen LogP contribution in [-0.2, 0) is 0 Å². The number of fused-ring (bicyclic) bond motifs is 11. The lowest BCUT2D eigenvalue weighted by Crippen LogP contribution is -1.93. The molecule has 9 aromatic rings. The molecule has 0 aliphatic carbocycles. The van der Waals surface area contributed by atoms with E-state index >= 15 is 0 Å². The molecule has 0 aliphatic rings. The topological polar surface area (TPSA) is 26.0 Å². The molecule has 2 aromatic heterocycles. The number of aromatic nitrogens is 1. The van der Waals surface area contributed by atoms with Gasteiger partial charge in [-0.1, -0.05) is 121 Å². The van der Waals surface area contributed by atoms with Crippen LogP contribution in [0, 0.1) is 0 Å². The molecule has 2 heterocycles. The summed E-state index contributed by atoms with van der Waals surface area (Å²) >= 11 is 0. The summed E-state index contributed by atoms with van der Waals surface area (Å²) in [5.41, 5.74) is 7.31. The highest BCUT2D eigenvalue weighted by atomic mass is 16.3. The largest absolute Gasteiger partial charge is 0.455 e. The molecule has 9 rings (SSSR count). The van der Waals surface area contributed by atoms with Gasteiger partial charge < -0.3 is 4.42 Å². The summed E-state index contributed by atoms with van der Waals surface area (Å²) in [6.45, 7) is 0. The second-order valence-electron chi connectivity index (χ2n) is 10.7. The molecule has 41 heavy (non-hydrogen) atoms. The molecule has 2 heteroatoms. The molecule has 0 radical (unpaired) electrons. The average molecular weight is 522 g/mol. The van der Waals surface area contributed by atoms with Crippen LogP contribution in [0.15, 0.2) is 144 Å². The number of rotatable bonds is 2. The van der Waals surface area contributed by atoms with Gasteiger partial charge in [0.25, 0.3) is 0 Å². The van der Waals surface area contributed by atoms with E-state index < -0.39 is 0 Å². The minimum absolute atomic E-state index is 0.903. The fraction of sp³-hybridized carbons (Fsp3) is 0. The summed E-state index contributed by atoms with van der Waals surface area (Å²) in [6.07, 6.45) is 0. The SMILES string of the molecule is c1cc(-c2cccc3ccccc23)cc(-c2nc3ccccc3c3c2c2ccccc2c2oc4ccccc4c23)c1. The molecule has 0 saturated carbocycles. The number of nitrogens with zero attached hydrogens (tertiary/aromatic N) is 1. The van der Waals surface area contributed by atoms with E-state index in [0.717, 1.165) is 60.3 Å². The second-order valence-corrected chi connectivity index (χ2v) is 10.7. The van der Waals surface area contributed by atoms with Gasteiger partial charge in [-0.3, -0.25) is 0 Å². The lowest BCUT2D eigenvalue weighted by molar-refractivity contribution is 0.673. The molecule has 0 saturated heterocycles. The molecule has 0 amide bonds. The van der Waals surface area contributed by atoms with E-state index in [9.17, 15) is 0 Å². The monoisotopic (exact) mass is 521 g/mol. The highest BCUT2D eigenvalue weighted by Crippen LogP contribution is 2.46. The zero-order valence-corrected chi connectivity index (χ0v) is 22.1. The predicted octanol–water partition coefficient (Wildman–Crippen LogP) is 10.9. The minimum Gasteiger partial charge on any atom is -0.455 e. The minimum atomic E-state index is 0.903. The van der Waals surface area contributed by atoms with Crippen molar-refractivity contribution in [1.82, 2.24) is 4.98 Å². The third-order valence-electron chi connectivity index (χ3n) is 8.42. The molecule has 190 valence electrons. The molecule has 0 N–H and O–H groups in total. The molecular formula is C39H23NO. The van der Waals surface area contributed by atoms with Crippen LogP contribution in [-0.4, -0.2) is 4.98 Å². The van der Waals surface area contributed by atoms with Gasteiger partial charge in [-0.2, -0.15) is 0 Å². The van der Waals surface area contributed by atoms with E-state index in [1.54, 1.807) is 0 Å². The lowest BCUT2D eigenvalue weighted by Gasteiger charge is -2.15. The van der Waals surface area contributed by atoms with Crippen LogP contribution in [0.1, 0.15) is 0 Å². The van der Waals surface area contributed by atoms with Crippen molar-refractivity contribution in [1.29, 1.82) is 0 Å². The molecular weight excluding hydrogens is 498 g/mol. The molecule has 0 aliphatic heterocycles. The van der Waals surface area contributed by atoms with Gasteiger partial charge in [-0.15, -0.1) is 0 Å². The fourth-order valence-corrected chi connectivity index (χ4v) is 6.64. The van der Waals surface area contributed by atoms with E-state index in [4.69, 9.17) is 9.40 Å². The highest BCUT2D eigenvalue weighted by Gasteiger charge is 2.21. The molecule has 0 bridgehead atoms. The number of hydrogen-bond donors (Lipinski definition) is 0. The maximum atomic E-state index is 6.57. The first-order valence-electron chi connectivity index (χ1n) is 14.0. The first-order chi connectivity index (χ1) is 20.3. The zero-order valence-electron chi connectivity index (χ0n) is 22.1. The molecule has 7 aromatic carbocycles. The van der Waals surface area contributed by atoms with Crippen molar-refractivity contribution < 1.29 is 4.42 Å². The summed E-state index contributed by atoms with van der Waals surface area (Å²) in [5.74, 6) is 0. The highest BCUT2D eigenvalue weighted by molar-refractivity contribution is 6.37. The Hall–Kier alpha value is -5.47. The third-order valence-corrected chi connectivity index (χ3v) is 8.42. The molecule has 0 atom stereocenters. The Morgan fingerprint density at radius 2 is 1.10 bits per heavy atom. The van der Waals surface area contributed by atoms with E-state index in [2.05, 4.69) is 133 Å². The van der Waals surface area contributed by atoms with E-state index in [1.807, 2.05) is 6.07 Å². The lowest BCUT2D eigenvalue weighted by atomic mass is 9.90.